The van der Waals surface area contributed by atoms with Crippen molar-refractivity contribution >= 4 is 35.1 Å². The van der Waals surface area contributed by atoms with Gasteiger partial charge in [0.2, 0.25) is 11.7 Å². The van der Waals surface area contributed by atoms with Gasteiger partial charge in [-0.3, -0.25) is 14.4 Å². The lowest BCUT2D eigenvalue weighted by molar-refractivity contribution is -0.139. The number of esters is 1. The number of carbonyl (C=O) groups excluding carboxylic acids is 3. The summed E-state index contributed by atoms with van der Waals surface area (Å²) in [5, 5.41) is 2.41. The average molecular weight is 391 g/mol. The Labute approximate surface area is 160 Å². The zero-order chi connectivity index (χ0) is 19.6. The van der Waals surface area contributed by atoms with Crippen molar-refractivity contribution in [3.05, 3.63) is 59.9 Å². The van der Waals surface area contributed by atoms with E-state index in [9.17, 15) is 18.8 Å². The monoisotopic (exact) mass is 391 g/mol. The van der Waals surface area contributed by atoms with E-state index >= 15 is 0 Å². The number of amides is 1. The minimum atomic E-state index is -0.623. The number of carbonyl (C=O) groups is 3. The van der Waals surface area contributed by atoms with Gasteiger partial charge in [-0.15, -0.1) is 11.8 Å². The van der Waals surface area contributed by atoms with Crippen molar-refractivity contribution in [1.29, 1.82) is 0 Å². The third-order valence-corrected chi connectivity index (χ3v) is 4.28. The van der Waals surface area contributed by atoms with Crippen LogP contribution in [-0.2, 0) is 14.3 Å². The fourth-order valence-electron chi connectivity index (χ4n) is 2.12. The molecule has 0 bridgehead atoms. The van der Waals surface area contributed by atoms with Crippen molar-refractivity contribution < 1.29 is 28.2 Å². The Morgan fingerprint density at radius 2 is 1.74 bits per heavy atom. The van der Waals surface area contributed by atoms with Crippen LogP contribution in [0.2, 0.25) is 0 Å². The highest BCUT2D eigenvalue weighted by Crippen LogP contribution is 2.18. The highest BCUT2D eigenvalue weighted by atomic mass is 32.2. The maximum atomic E-state index is 13.4. The van der Waals surface area contributed by atoms with Crippen LogP contribution in [0, 0.1) is 5.82 Å². The van der Waals surface area contributed by atoms with Gasteiger partial charge < -0.3 is 14.8 Å². The van der Waals surface area contributed by atoms with E-state index in [4.69, 9.17) is 9.47 Å². The van der Waals surface area contributed by atoms with Gasteiger partial charge in [0.25, 0.3) is 0 Å². The number of ketones is 1. The van der Waals surface area contributed by atoms with Gasteiger partial charge in [-0.2, -0.15) is 0 Å². The molecule has 2 aromatic carbocycles. The molecule has 0 saturated heterocycles. The minimum Gasteiger partial charge on any atom is -0.496 e. The van der Waals surface area contributed by atoms with Crippen molar-refractivity contribution in [2.45, 2.75) is 0 Å². The summed E-state index contributed by atoms with van der Waals surface area (Å²) in [6.07, 6.45) is 0. The van der Waals surface area contributed by atoms with Crippen LogP contribution in [0.1, 0.15) is 10.4 Å². The number of hydrogen-bond donors (Lipinski definition) is 1. The summed E-state index contributed by atoms with van der Waals surface area (Å²) < 4.78 is 23.4. The maximum Gasteiger partial charge on any atom is 0.316 e. The van der Waals surface area contributed by atoms with Gasteiger partial charge in [-0.1, -0.05) is 24.3 Å². The number of thioether (sulfide) groups is 1. The predicted octanol–water partition coefficient (Wildman–Crippen LogP) is 2.93. The number of Topliss-reactive ketones (excluding diaryl/α,β-unsaturated/α-hetero) is 1. The van der Waals surface area contributed by atoms with Gasteiger partial charge in [0.05, 0.1) is 29.9 Å². The van der Waals surface area contributed by atoms with Crippen LogP contribution in [0.3, 0.4) is 0 Å². The smallest absolute Gasteiger partial charge is 0.316 e. The third kappa shape index (κ3) is 6.41. The van der Waals surface area contributed by atoms with E-state index in [2.05, 4.69) is 5.32 Å². The van der Waals surface area contributed by atoms with E-state index < -0.39 is 24.3 Å². The molecule has 0 aliphatic carbocycles. The third-order valence-electron chi connectivity index (χ3n) is 3.37. The van der Waals surface area contributed by atoms with E-state index in [1.54, 1.807) is 30.3 Å². The number of anilines is 1. The number of hydrogen-bond acceptors (Lipinski definition) is 6. The molecule has 27 heavy (non-hydrogen) atoms. The topological polar surface area (TPSA) is 81.7 Å². The lowest BCUT2D eigenvalue weighted by Crippen LogP contribution is -2.19. The predicted molar refractivity (Wildman–Crippen MR) is 101 cm³/mol. The first kappa shape index (κ1) is 20.4. The highest BCUT2D eigenvalue weighted by molar-refractivity contribution is 8.00. The van der Waals surface area contributed by atoms with Crippen LogP contribution in [0.15, 0.2) is 48.5 Å². The number of rotatable bonds is 9. The number of halogens is 1. The summed E-state index contributed by atoms with van der Waals surface area (Å²) in [4.78, 5) is 35.5. The summed E-state index contributed by atoms with van der Waals surface area (Å²) in [6.45, 7) is -0.415. The van der Waals surface area contributed by atoms with E-state index in [1.165, 1.54) is 25.3 Å². The molecular formula is C19H18FNO5S. The van der Waals surface area contributed by atoms with Crippen molar-refractivity contribution in [2.75, 3.05) is 30.5 Å². The van der Waals surface area contributed by atoms with Crippen LogP contribution in [0.25, 0.3) is 0 Å². The Bertz CT molecular complexity index is 827. The molecule has 2 aromatic rings. The Morgan fingerprint density at radius 1 is 1.04 bits per heavy atom. The molecule has 0 aliphatic rings. The van der Waals surface area contributed by atoms with Crippen LogP contribution < -0.4 is 10.1 Å². The van der Waals surface area contributed by atoms with Crippen LogP contribution >= 0.6 is 11.8 Å². The largest absolute Gasteiger partial charge is 0.496 e. The first-order chi connectivity index (χ1) is 13.0. The molecule has 2 rings (SSSR count). The minimum absolute atomic E-state index is 0.0517. The number of methoxy groups -OCH3 is 1. The molecule has 0 atom stereocenters. The Hall–Kier alpha value is -2.87. The Balaban J connectivity index is 1.71. The zero-order valence-corrected chi connectivity index (χ0v) is 15.4. The standard InChI is InChI=1S/C19H18FNO5S/c1-25-17-9-5-2-6-13(17)16(22)10-26-19(24)12-27-11-18(23)21-15-8-4-3-7-14(15)20/h2-9H,10-12H2,1H3,(H,21,23). The molecule has 0 radical (unpaired) electrons. The SMILES string of the molecule is COc1ccccc1C(=O)COC(=O)CSCC(=O)Nc1ccccc1F. The summed E-state index contributed by atoms with van der Waals surface area (Å²) in [5.74, 6) is -1.75. The molecule has 1 amide bonds. The molecule has 0 aliphatic heterocycles. The number of nitrogens with one attached hydrogen (secondary N) is 1. The zero-order valence-electron chi connectivity index (χ0n) is 14.6. The molecule has 0 heterocycles. The van der Waals surface area contributed by atoms with Crippen molar-refractivity contribution in [3.8, 4) is 5.75 Å². The summed E-state index contributed by atoms with van der Waals surface area (Å²) in [7, 11) is 1.45. The number of ether oxygens (including phenoxy) is 2. The first-order valence-electron chi connectivity index (χ1n) is 7.95. The van der Waals surface area contributed by atoms with E-state index in [1.807, 2.05) is 0 Å². The van der Waals surface area contributed by atoms with Gasteiger partial charge >= 0.3 is 5.97 Å². The van der Waals surface area contributed by atoms with Crippen LogP contribution in [0.4, 0.5) is 10.1 Å². The van der Waals surface area contributed by atoms with Gasteiger partial charge in [0.15, 0.2) is 6.61 Å². The summed E-state index contributed by atoms with van der Waals surface area (Å²) in [6, 6.07) is 12.4. The Kier molecular flexibility index (Phi) is 7.81. The van der Waals surface area contributed by atoms with Crippen molar-refractivity contribution in [3.63, 3.8) is 0 Å². The first-order valence-corrected chi connectivity index (χ1v) is 9.10. The molecule has 8 heteroatoms. The average Bonchev–Trinajstić information content (AvgIpc) is 2.67. The molecular weight excluding hydrogens is 373 g/mol. The fraction of sp³-hybridized carbons (Fsp3) is 0.211. The molecule has 6 nitrogen and oxygen atoms in total. The van der Waals surface area contributed by atoms with Gasteiger partial charge in [0, 0.05) is 0 Å². The lowest BCUT2D eigenvalue weighted by Gasteiger charge is -2.08. The molecule has 142 valence electrons. The molecule has 0 saturated carbocycles. The molecule has 0 unspecified atom stereocenters. The van der Waals surface area contributed by atoms with Gasteiger partial charge in [0.1, 0.15) is 11.6 Å². The maximum absolute atomic E-state index is 13.4. The second-order valence-corrected chi connectivity index (χ2v) is 6.29. The fourth-order valence-corrected chi connectivity index (χ4v) is 2.73. The highest BCUT2D eigenvalue weighted by Gasteiger charge is 2.14. The molecule has 1 N–H and O–H groups in total. The molecule has 0 aromatic heterocycles. The second-order valence-electron chi connectivity index (χ2n) is 5.30. The number of para-hydroxylation sites is 2. The van der Waals surface area contributed by atoms with Crippen LogP contribution in [-0.4, -0.2) is 42.9 Å². The van der Waals surface area contributed by atoms with Gasteiger partial charge in [-0.25, -0.2) is 4.39 Å². The van der Waals surface area contributed by atoms with E-state index in [-0.39, 0.29) is 23.0 Å². The van der Waals surface area contributed by atoms with Crippen molar-refractivity contribution in [2.24, 2.45) is 0 Å². The van der Waals surface area contributed by atoms with E-state index in [0.29, 0.717) is 11.3 Å². The summed E-state index contributed by atoms with van der Waals surface area (Å²) >= 11 is 1.00. The quantitative estimate of drug-likeness (QED) is 0.523. The van der Waals surface area contributed by atoms with Crippen molar-refractivity contribution in [1.82, 2.24) is 0 Å². The number of benzene rings is 2. The van der Waals surface area contributed by atoms with Gasteiger partial charge in [-0.05, 0) is 24.3 Å². The lowest BCUT2D eigenvalue weighted by atomic mass is 10.1. The molecule has 0 fully saturated rings. The van der Waals surface area contributed by atoms with E-state index in [0.717, 1.165) is 11.8 Å². The van der Waals surface area contributed by atoms with Crippen LogP contribution in [0.5, 0.6) is 5.75 Å². The Morgan fingerprint density at radius 3 is 2.48 bits per heavy atom. The molecule has 0 spiro atoms. The normalized spacial score (nSPS) is 10.1. The summed E-state index contributed by atoms with van der Waals surface area (Å²) in [5.41, 5.74) is 0.401. The second kappa shape index (κ2) is 10.3.